The SMILES string of the molecule is CCNC(=O)COc1cccc(CNC(=NC)N2CCC(c3ccccc3)C2)c1. The van der Waals surface area contributed by atoms with Crippen molar-refractivity contribution < 1.29 is 9.53 Å². The van der Waals surface area contributed by atoms with E-state index in [-0.39, 0.29) is 12.5 Å². The number of carbonyl (C=O) groups excluding carboxylic acids is 1. The Labute approximate surface area is 173 Å². The molecule has 6 heteroatoms. The molecule has 0 saturated carbocycles. The van der Waals surface area contributed by atoms with Gasteiger partial charge in [0.25, 0.3) is 5.91 Å². The molecule has 2 aromatic carbocycles. The van der Waals surface area contributed by atoms with Crippen LogP contribution in [-0.4, -0.2) is 50.1 Å². The predicted octanol–water partition coefficient (Wildman–Crippen LogP) is 2.77. The third-order valence-corrected chi connectivity index (χ3v) is 5.06. The molecule has 1 fully saturated rings. The number of likely N-dealkylation sites (tertiary alicyclic amines) is 1. The van der Waals surface area contributed by atoms with Crippen LogP contribution in [0, 0.1) is 0 Å². The number of hydrogen-bond acceptors (Lipinski definition) is 3. The minimum Gasteiger partial charge on any atom is -0.484 e. The van der Waals surface area contributed by atoms with E-state index in [4.69, 9.17) is 4.74 Å². The summed E-state index contributed by atoms with van der Waals surface area (Å²) in [6.45, 7) is 5.14. The van der Waals surface area contributed by atoms with Crippen LogP contribution in [0.25, 0.3) is 0 Å². The fourth-order valence-corrected chi connectivity index (χ4v) is 3.61. The molecule has 0 bridgehead atoms. The van der Waals surface area contributed by atoms with Gasteiger partial charge in [0.2, 0.25) is 0 Å². The Hall–Kier alpha value is -3.02. The lowest BCUT2D eigenvalue weighted by molar-refractivity contribution is -0.122. The van der Waals surface area contributed by atoms with E-state index >= 15 is 0 Å². The number of ether oxygens (including phenoxy) is 1. The van der Waals surface area contributed by atoms with E-state index in [0.29, 0.717) is 24.8 Å². The number of carbonyl (C=O) groups is 1. The van der Waals surface area contributed by atoms with Crippen molar-refractivity contribution in [2.24, 2.45) is 4.99 Å². The van der Waals surface area contributed by atoms with E-state index in [2.05, 4.69) is 50.9 Å². The van der Waals surface area contributed by atoms with E-state index in [0.717, 1.165) is 31.0 Å². The number of guanidine groups is 1. The second-order valence-electron chi connectivity index (χ2n) is 7.13. The first-order valence-electron chi connectivity index (χ1n) is 10.2. The maximum Gasteiger partial charge on any atom is 0.257 e. The molecular weight excluding hydrogens is 364 g/mol. The average Bonchev–Trinajstić information content (AvgIpc) is 3.24. The van der Waals surface area contributed by atoms with Crippen LogP contribution in [0.4, 0.5) is 0 Å². The number of likely N-dealkylation sites (N-methyl/N-ethyl adjacent to an activating group) is 1. The number of benzene rings is 2. The molecule has 3 rings (SSSR count). The van der Waals surface area contributed by atoms with Gasteiger partial charge in [-0.2, -0.15) is 0 Å². The Kier molecular flexibility index (Phi) is 7.50. The van der Waals surface area contributed by atoms with E-state index in [1.54, 1.807) is 0 Å². The van der Waals surface area contributed by atoms with Gasteiger partial charge in [-0.3, -0.25) is 9.79 Å². The van der Waals surface area contributed by atoms with Gasteiger partial charge < -0.3 is 20.3 Å². The fourth-order valence-electron chi connectivity index (χ4n) is 3.61. The first-order valence-corrected chi connectivity index (χ1v) is 10.2. The number of amides is 1. The molecule has 1 saturated heterocycles. The van der Waals surface area contributed by atoms with Gasteiger partial charge in [-0.1, -0.05) is 42.5 Å². The van der Waals surface area contributed by atoms with Crippen LogP contribution in [0.1, 0.15) is 30.4 Å². The molecular formula is C23H30N4O2. The summed E-state index contributed by atoms with van der Waals surface area (Å²) in [4.78, 5) is 18.3. The summed E-state index contributed by atoms with van der Waals surface area (Å²) in [6, 6.07) is 18.5. The fraction of sp³-hybridized carbons (Fsp3) is 0.391. The summed E-state index contributed by atoms with van der Waals surface area (Å²) in [7, 11) is 1.82. The molecule has 1 aliphatic rings. The summed E-state index contributed by atoms with van der Waals surface area (Å²) in [5, 5.41) is 6.18. The highest BCUT2D eigenvalue weighted by Crippen LogP contribution is 2.26. The zero-order valence-corrected chi connectivity index (χ0v) is 17.2. The molecule has 1 heterocycles. The third-order valence-electron chi connectivity index (χ3n) is 5.06. The Bertz CT molecular complexity index is 823. The van der Waals surface area contributed by atoms with Crippen molar-refractivity contribution in [1.29, 1.82) is 0 Å². The molecule has 0 radical (unpaired) electrons. The van der Waals surface area contributed by atoms with Crippen molar-refractivity contribution >= 4 is 11.9 Å². The van der Waals surface area contributed by atoms with Crippen molar-refractivity contribution in [3.05, 3.63) is 65.7 Å². The molecule has 1 aliphatic heterocycles. The van der Waals surface area contributed by atoms with Crippen LogP contribution in [-0.2, 0) is 11.3 Å². The van der Waals surface area contributed by atoms with Gasteiger partial charge in [-0.15, -0.1) is 0 Å². The largest absolute Gasteiger partial charge is 0.484 e. The number of rotatable bonds is 7. The molecule has 1 unspecified atom stereocenters. The van der Waals surface area contributed by atoms with Crippen LogP contribution >= 0.6 is 0 Å². The van der Waals surface area contributed by atoms with Crippen molar-refractivity contribution in [2.45, 2.75) is 25.8 Å². The number of aliphatic imine (C=N–C) groups is 1. The van der Waals surface area contributed by atoms with E-state index in [1.807, 2.05) is 38.2 Å². The van der Waals surface area contributed by atoms with E-state index in [1.165, 1.54) is 5.56 Å². The van der Waals surface area contributed by atoms with E-state index < -0.39 is 0 Å². The highest BCUT2D eigenvalue weighted by Gasteiger charge is 2.25. The van der Waals surface area contributed by atoms with Crippen LogP contribution < -0.4 is 15.4 Å². The molecule has 6 nitrogen and oxygen atoms in total. The first-order chi connectivity index (χ1) is 14.2. The zero-order valence-electron chi connectivity index (χ0n) is 17.2. The Balaban J connectivity index is 1.52. The monoisotopic (exact) mass is 394 g/mol. The van der Waals surface area contributed by atoms with Gasteiger partial charge >= 0.3 is 0 Å². The molecule has 29 heavy (non-hydrogen) atoms. The standard InChI is InChI=1S/C23H30N4O2/c1-3-25-22(28)17-29-21-11-7-8-18(14-21)15-26-23(24-2)27-13-12-20(16-27)19-9-5-4-6-10-19/h4-11,14,20H,3,12-13,15-17H2,1-2H3,(H,24,26)(H,25,28). The second kappa shape index (κ2) is 10.5. The van der Waals surface area contributed by atoms with Crippen molar-refractivity contribution in [3.8, 4) is 5.75 Å². The summed E-state index contributed by atoms with van der Waals surface area (Å²) < 4.78 is 5.58. The molecule has 1 atom stereocenters. The average molecular weight is 395 g/mol. The maximum absolute atomic E-state index is 11.6. The molecule has 0 spiro atoms. The normalized spacial score (nSPS) is 16.6. The van der Waals surface area contributed by atoms with Crippen LogP contribution in [0.3, 0.4) is 0 Å². The Morgan fingerprint density at radius 1 is 1.17 bits per heavy atom. The minimum absolute atomic E-state index is 0.0288. The van der Waals surface area contributed by atoms with Crippen LogP contribution in [0.15, 0.2) is 59.6 Å². The number of nitrogens with one attached hydrogen (secondary N) is 2. The van der Waals surface area contributed by atoms with Gasteiger partial charge in [-0.25, -0.2) is 0 Å². The molecule has 2 N–H and O–H groups in total. The summed E-state index contributed by atoms with van der Waals surface area (Å²) in [5.41, 5.74) is 2.47. The first kappa shape index (κ1) is 20.7. The topological polar surface area (TPSA) is 66.0 Å². The lowest BCUT2D eigenvalue weighted by Crippen LogP contribution is -2.39. The van der Waals surface area contributed by atoms with Gasteiger partial charge in [0, 0.05) is 39.1 Å². The number of nitrogens with zero attached hydrogens (tertiary/aromatic N) is 2. The summed E-state index contributed by atoms with van der Waals surface area (Å²) in [5.74, 6) is 2.03. The third kappa shape index (κ3) is 5.98. The van der Waals surface area contributed by atoms with Gasteiger partial charge in [0.1, 0.15) is 5.75 Å². The second-order valence-corrected chi connectivity index (χ2v) is 7.13. The molecule has 1 amide bonds. The number of hydrogen-bond donors (Lipinski definition) is 2. The van der Waals surface area contributed by atoms with Crippen molar-refractivity contribution in [2.75, 3.05) is 33.3 Å². The van der Waals surface area contributed by atoms with Crippen molar-refractivity contribution in [3.63, 3.8) is 0 Å². The molecule has 2 aromatic rings. The minimum atomic E-state index is -0.113. The highest BCUT2D eigenvalue weighted by atomic mass is 16.5. The molecule has 154 valence electrons. The predicted molar refractivity (Wildman–Crippen MR) is 116 cm³/mol. The summed E-state index contributed by atoms with van der Waals surface area (Å²) >= 11 is 0. The van der Waals surface area contributed by atoms with Crippen LogP contribution in [0.5, 0.6) is 5.75 Å². The highest BCUT2D eigenvalue weighted by molar-refractivity contribution is 5.80. The summed E-state index contributed by atoms with van der Waals surface area (Å²) in [6.07, 6.45) is 1.13. The van der Waals surface area contributed by atoms with Gasteiger partial charge in [0.05, 0.1) is 0 Å². The zero-order chi connectivity index (χ0) is 20.5. The van der Waals surface area contributed by atoms with E-state index in [9.17, 15) is 4.79 Å². The molecule has 0 aliphatic carbocycles. The van der Waals surface area contributed by atoms with Crippen molar-refractivity contribution in [1.82, 2.24) is 15.5 Å². The molecule has 0 aromatic heterocycles. The maximum atomic E-state index is 11.6. The lowest BCUT2D eigenvalue weighted by Gasteiger charge is -2.22. The Morgan fingerprint density at radius 3 is 2.76 bits per heavy atom. The van der Waals surface area contributed by atoms with Crippen LogP contribution in [0.2, 0.25) is 0 Å². The Morgan fingerprint density at radius 2 is 2.00 bits per heavy atom. The quantitative estimate of drug-likeness (QED) is 0.560. The lowest BCUT2D eigenvalue weighted by atomic mass is 9.99. The smallest absolute Gasteiger partial charge is 0.257 e. The van der Waals surface area contributed by atoms with Gasteiger partial charge in [0.15, 0.2) is 12.6 Å². The van der Waals surface area contributed by atoms with Gasteiger partial charge in [-0.05, 0) is 36.6 Å².